The van der Waals surface area contributed by atoms with Gasteiger partial charge in [0.25, 0.3) is 11.8 Å². The third kappa shape index (κ3) is 8.92. The van der Waals surface area contributed by atoms with E-state index in [0.717, 1.165) is 12.7 Å². The molecule has 27 heteroatoms. The van der Waals surface area contributed by atoms with Gasteiger partial charge in [0, 0.05) is 11.1 Å². The standard InChI is InChI=1S/C37H33F2N11O10P2S2/c38-24-28-23(58-36(24)49-18-45-26-30(41-16-43-32(26)49)47-34(51)20-8-3-1-4-9-20)15-56-62(64,54-13-7-12-40)60-29-22(14-55-61(53,63)59-28)57-37(25(29)39)50-19-46-27-31(42-17-44-33(27)50)48-35(52)21-10-5-2-6-11-21/h1-6,8-11,16-19,22-25,28-29,36-37H,7,13-15H2,(H,53,63)(H,41,43,47,51)(H,42,44,48,52)/t22-,23-,24-,25-,28-,29-,36-,37-,61?,62?/m1/s1. The number of halogens is 2. The molecule has 0 bridgehead atoms. The number of nitriles is 1. The molecule has 6 aromatic rings. The van der Waals surface area contributed by atoms with Crippen LogP contribution in [0.1, 0.15) is 39.6 Å². The number of hydrogen-bond acceptors (Lipinski definition) is 18. The Morgan fingerprint density at radius 2 is 1.25 bits per heavy atom. The third-order valence-electron chi connectivity index (χ3n) is 10.1. The molecule has 7 heterocycles. The molecule has 3 saturated heterocycles. The summed E-state index contributed by atoms with van der Waals surface area (Å²) in [6.45, 7) is -10.0. The first-order valence-corrected chi connectivity index (χ1v) is 24.3. The molecule has 2 aromatic carbocycles. The van der Waals surface area contributed by atoms with E-state index < -0.39 is 87.7 Å². The molecule has 2 amide bonds. The van der Waals surface area contributed by atoms with Crippen molar-refractivity contribution in [2.45, 2.75) is 55.6 Å². The maximum atomic E-state index is 16.9. The fourth-order valence-corrected chi connectivity index (χ4v) is 10.7. The van der Waals surface area contributed by atoms with Crippen LogP contribution in [0, 0.1) is 11.3 Å². The van der Waals surface area contributed by atoms with Gasteiger partial charge < -0.3 is 38.6 Å². The van der Waals surface area contributed by atoms with Gasteiger partial charge in [-0.1, -0.05) is 36.4 Å². The van der Waals surface area contributed by atoms with Gasteiger partial charge >= 0.3 is 13.4 Å². The van der Waals surface area contributed by atoms with Crippen LogP contribution < -0.4 is 10.6 Å². The lowest BCUT2D eigenvalue weighted by molar-refractivity contribution is -0.0598. The minimum Gasteiger partial charge on any atom is -0.346 e. The lowest BCUT2D eigenvalue weighted by atomic mass is 10.1. The number of aromatic nitrogens is 8. The molecule has 3 fully saturated rings. The molecule has 64 heavy (non-hydrogen) atoms. The summed E-state index contributed by atoms with van der Waals surface area (Å²) in [7, 11) is 0. The molecule has 3 aliphatic heterocycles. The van der Waals surface area contributed by atoms with E-state index in [9.17, 15) is 19.7 Å². The van der Waals surface area contributed by atoms with Crippen molar-refractivity contribution in [1.29, 1.82) is 5.26 Å². The highest BCUT2D eigenvalue weighted by Crippen LogP contribution is 2.57. The number of rotatable bonds is 9. The summed E-state index contributed by atoms with van der Waals surface area (Å²) in [5.41, 5.74) is 1.05. The van der Waals surface area contributed by atoms with Crippen molar-refractivity contribution < 1.29 is 55.4 Å². The largest absolute Gasteiger partial charge is 0.346 e. The van der Waals surface area contributed by atoms with E-state index in [1.807, 2.05) is 6.07 Å². The number of carbonyl (C=O) groups excluding carboxylic acids is 2. The molecule has 0 aliphatic carbocycles. The molecule has 2 unspecified atom stereocenters. The van der Waals surface area contributed by atoms with Crippen molar-refractivity contribution in [3.05, 3.63) is 97.1 Å². The molecule has 0 saturated carbocycles. The number of carbonyl (C=O) groups is 2. The van der Waals surface area contributed by atoms with Crippen LogP contribution >= 0.6 is 13.4 Å². The highest BCUT2D eigenvalue weighted by molar-refractivity contribution is 8.07. The van der Waals surface area contributed by atoms with E-state index >= 15 is 8.78 Å². The average molecular weight is 956 g/mol. The Balaban J connectivity index is 0.975. The maximum Gasteiger partial charge on any atom is 0.327 e. The van der Waals surface area contributed by atoms with E-state index in [1.54, 1.807) is 60.7 Å². The zero-order chi connectivity index (χ0) is 44.6. The Hall–Kier alpha value is -5.19. The summed E-state index contributed by atoms with van der Waals surface area (Å²) < 4.78 is 77.8. The highest BCUT2D eigenvalue weighted by atomic mass is 32.5. The van der Waals surface area contributed by atoms with Gasteiger partial charge in [0.2, 0.25) is 0 Å². The molecule has 21 nitrogen and oxygen atoms in total. The number of anilines is 2. The quantitative estimate of drug-likeness (QED) is 0.130. The van der Waals surface area contributed by atoms with E-state index in [-0.39, 0.29) is 47.0 Å². The number of hydrogen-bond donors (Lipinski definition) is 3. The van der Waals surface area contributed by atoms with Crippen LogP contribution in [0.5, 0.6) is 0 Å². The molecular formula is C37H33F2N11O10P2S2. The maximum absolute atomic E-state index is 16.9. The van der Waals surface area contributed by atoms with Crippen LogP contribution in [0.2, 0.25) is 0 Å². The van der Waals surface area contributed by atoms with Gasteiger partial charge in [-0.3, -0.25) is 27.8 Å². The fraction of sp³-hybridized carbons (Fsp3) is 0.324. The Morgan fingerprint density at radius 1 is 0.766 bits per heavy atom. The molecule has 0 radical (unpaired) electrons. The smallest absolute Gasteiger partial charge is 0.327 e. The molecule has 3 N–H and O–H groups in total. The molecule has 4 aromatic heterocycles. The van der Waals surface area contributed by atoms with E-state index in [4.69, 9.17) is 55.7 Å². The van der Waals surface area contributed by atoms with Crippen molar-refractivity contribution in [2.75, 3.05) is 30.5 Å². The van der Waals surface area contributed by atoms with Gasteiger partial charge in [0.05, 0.1) is 45.0 Å². The number of ether oxygens (including phenoxy) is 2. The lowest BCUT2D eigenvalue weighted by Crippen LogP contribution is -2.37. The summed E-state index contributed by atoms with van der Waals surface area (Å²) in [6.07, 6.45) is -8.72. The predicted octanol–water partition coefficient (Wildman–Crippen LogP) is 4.83. The minimum atomic E-state index is -4.40. The second-order valence-corrected chi connectivity index (χ2v) is 19.9. The van der Waals surface area contributed by atoms with Crippen molar-refractivity contribution in [3.8, 4) is 6.07 Å². The molecule has 3 aliphatic rings. The number of benzene rings is 2. The molecule has 0 spiro atoms. The number of alkyl halides is 2. The first-order chi connectivity index (χ1) is 30.9. The Labute approximate surface area is 370 Å². The third-order valence-corrected chi connectivity index (χ3v) is 14.0. The van der Waals surface area contributed by atoms with Gasteiger partial charge in [0.1, 0.15) is 37.1 Å². The zero-order valence-corrected chi connectivity index (χ0v) is 36.1. The van der Waals surface area contributed by atoms with Crippen molar-refractivity contribution >= 4 is 82.8 Å². The number of nitrogens with one attached hydrogen (secondary N) is 2. The van der Waals surface area contributed by atoms with Crippen LogP contribution in [0.25, 0.3) is 22.3 Å². The predicted molar refractivity (Wildman–Crippen MR) is 226 cm³/mol. The average Bonchev–Trinajstić information content (AvgIpc) is 4.07. The van der Waals surface area contributed by atoms with Crippen molar-refractivity contribution in [3.63, 3.8) is 0 Å². The molecule has 332 valence electrons. The fourth-order valence-electron chi connectivity index (χ4n) is 7.12. The summed E-state index contributed by atoms with van der Waals surface area (Å²) in [5, 5.41) is 14.6. The topological polar surface area (TPSA) is 254 Å². The Kier molecular flexibility index (Phi) is 12.6. The summed E-state index contributed by atoms with van der Waals surface area (Å²) >= 11 is 11.1. The number of nitrogens with zero attached hydrogens (tertiary/aromatic N) is 9. The van der Waals surface area contributed by atoms with E-state index in [1.165, 1.54) is 21.8 Å². The first-order valence-electron chi connectivity index (χ1n) is 19.2. The van der Waals surface area contributed by atoms with Crippen LogP contribution in [0.3, 0.4) is 0 Å². The SMILES string of the molecule is N#CCCOP1(=S)OC[C@H]2O[C@@H](n3cnc4c(NC(=O)c5ccccc5)ncnc43)[C@H](F)[C@@H]2OP(O)(=S)OC[C@H]2O[C@@H](n3cnc4c(NC(=O)c5ccccc5)ncnc43)[C@H](F)[C@@H]2O1. The lowest BCUT2D eigenvalue weighted by Gasteiger charge is -2.31. The highest BCUT2D eigenvalue weighted by Gasteiger charge is 2.54. The van der Waals surface area contributed by atoms with Crippen molar-refractivity contribution in [1.82, 2.24) is 39.0 Å². The van der Waals surface area contributed by atoms with Crippen LogP contribution in [0.15, 0.2) is 86.0 Å². The number of imidazole rings is 2. The normalized spacial score (nSPS) is 29.5. The Morgan fingerprint density at radius 3 is 1.75 bits per heavy atom. The van der Waals surface area contributed by atoms with Crippen LogP contribution in [-0.4, -0.2) is 112 Å². The monoisotopic (exact) mass is 955 g/mol. The first kappa shape index (κ1) is 44.0. The van der Waals surface area contributed by atoms with E-state index in [0.29, 0.717) is 11.1 Å². The van der Waals surface area contributed by atoms with Crippen LogP contribution in [0.4, 0.5) is 20.4 Å². The second kappa shape index (κ2) is 18.4. The number of fused-ring (bicyclic) bond motifs is 4. The van der Waals surface area contributed by atoms with Gasteiger partial charge in [-0.25, -0.2) is 38.7 Å². The summed E-state index contributed by atoms with van der Waals surface area (Å²) in [5.74, 6) is -0.873. The summed E-state index contributed by atoms with van der Waals surface area (Å²) in [4.78, 5) is 62.7. The zero-order valence-electron chi connectivity index (χ0n) is 32.6. The van der Waals surface area contributed by atoms with Gasteiger partial charge in [-0.05, 0) is 47.9 Å². The molecule has 9 rings (SSSR count). The molecular weight excluding hydrogens is 923 g/mol. The van der Waals surface area contributed by atoms with Crippen LogP contribution in [-0.2, 0) is 55.7 Å². The van der Waals surface area contributed by atoms with Crippen molar-refractivity contribution in [2.24, 2.45) is 0 Å². The molecule has 10 atom stereocenters. The minimum absolute atomic E-state index is 0.0384. The van der Waals surface area contributed by atoms with Gasteiger partial charge in [-0.2, -0.15) is 5.26 Å². The van der Waals surface area contributed by atoms with Gasteiger partial charge in [-0.15, -0.1) is 0 Å². The Bertz CT molecular complexity index is 2850. The number of amides is 2. The van der Waals surface area contributed by atoms with Gasteiger partial charge in [0.15, 0.2) is 58.8 Å². The summed E-state index contributed by atoms with van der Waals surface area (Å²) in [6, 6.07) is 18.7. The van der Waals surface area contributed by atoms with E-state index in [2.05, 4.69) is 40.5 Å². The second-order valence-electron chi connectivity index (χ2n) is 14.1.